The second-order valence-corrected chi connectivity index (χ2v) is 5.06. The number of rotatable bonds is 6. The largest absolute Gasteiger partial charge is 0.383 e. The molecule has 2 aromatic rings. The number of nitrogens with zero attached hydrogens (tertiary/aromatic N) is 4. The summed E-state index contributed by atoms with van der Waals surface area (Å²) in [6.45, 7) is 7.70. The number of ether oxygens (including phenoxy) is 1. The van der Waals surface area contributed by atoms with Gasteiger partial charge in [-0.3, -0.25) is 9.36 Å². The zero-order valence-corrected chi connectivity index (χ0v) is 12.8. The van der Waals surface area contributed by atoms with Crippen molar-refractivity contribution in [2.24, 2.45) is 7.05 Å². The van der Waals surface area contributed by atoms with Crippen LogP contribution in [0.2, 0.25) is 0 Å². The van der Waals surface area contributed by atoms with Crippen molar-refractivity contribution in [3.05, 3.63) is 29.3 Å². The molecule has 2 rings (SSSR count). The van der Waals surface area contributed by atoms with E-state index in [1.165, 1.54) is 11.3 Å². The highest BCUT2D eigenvalue weighted by Gasteiger charge is 2.16. The smallest absolute Gasteiger partial charge is 0.0731 e. The van der Waals surface area contributed by atoms with Gasteiger partial charge in [-0.15, -0.1) is 0 Å². The van der Waals surface area contributed by atoms with Crippen LogP contribution >= 0.6 is 0 Å². The molecule has 0 saturated carbocycles. The molecule has 110 valence electrons. The van der Waals surface area contributed by atoms with Crippen molar-refractivity contribution in [2.45, 2.75) is 33.4 Å². The van der Waals surface area contributed by atoms with E-state index in [4.69, 9.17) is 4.74 Å². The monoisotopic (exact) mass is 277 g/mol. The molecule has 0 saturated heterocycles. The van der Waals surface area contributed by atoms with Crippen LogP contribution in [0.4, 0.5) is 5.69 Å². The first-order valence-corrected chi connectivity index (χ1v) is 6.81. The Morgan fingerprint density at radius 2 is 2.15 bits per heavy atom. The van der Waals surface area contributed by atoms with E-state index in [0.29, 0.717) is 6.61 Å². The van der Waals surface area contributed by atoms with Gasteiger partial charge in [-0.05, 0) is 20.8 Å². The van der Waals surface area contributed by atoms with Crippen LogP contribution in [0, 0.1) is 13.8 Å². The van der Waals surface area contributed by atoms with Gasteiger partial charge in [0, 0.05) is 31.6 Å². The van der Waals surface area contributed by atoms with Crippen molar-refractivity contribution in [3.63, 3.8) is 0 Å². The van der Waals surface area contributed by atoms with Crippen LogP contribution in [0.15, 0.2) is 12.4 Å². The van der Waals surface area contributed by atoms with Crippen molar-refractivity contribution >= 4 is 5.69 Å². The molecule has 2 heterocycles. The number of aromatic nitrogens is 4. The quantitative estimate of drug-likeness (QED) is 0.878. The number of anilines is 1. The molecular weight excluding hydrogens is 254 g/mol. The number of hydrogen-bond donors (Lipinski definition) is 1. The van der Waals surface area contributed by atoms with E-state index >= 15 is 0 Å². The minimum Gasteiger partial charge on any atom is -0.383 e. The lowest BCUT2D eigenvalue weighted by Gasteiger charge is -2.14. The maximum absolute atomic E-state index is 5.05. The van der Waals surface area contributed by atoms with Crippen LogP contribution < -0.4 is 5.32 Å². The minimum atomic E-state index is 0.198. The Labute approximate surface area is 119 Å². The number of aryl methyl sites for hydroxylation is 2. The Morgan fingerprint density at radius 3 is 2.75 bits per heavy atom. The van der Waals surface area contributed by atoms with Gasteiger partial charge in [0.05, 0.1) is 36.8 Å². The molecule has 0 aromatic carbocycles. The Bertz CT molecular complexity index is 572. The summed E-state index contributed by atoms with van der Waals surface area (Å²) in [7, 11) is 3.67. The Kier molecular flexibility index (Phi) is 4.44. The summed E-state index contributed by atoms with van der Waals surface area (Å²) in [6, 6.07) is 0.198. The summed E-state index contributed by atoms with van der Waals surface area (Å²) < 4.78 is 8.85. The number of hydrogen-bond acceptors (Lipinski definition) is 4. The van der Waals surface area contributed by atoms with Gasteiger partial charge < -0.3 is 10.1 Å². The van der Waals surface area contributed by atoms with Crippen LogP contribution in [0.3, 0.4) is 0 Å². The zero-order chi connectivity index (χ0) is 14.7. The fourth-order valence-corrected chi connectivity index (χ4v) is 2.48. The molecule has 6 heteroatoms. The van der Waals surface area contributed by atoms with Crippen LogP contribution in [0.5, 0.6) is 0 Å². The van der Waals surface area contributed by atoms with Crippen molar-refractivity contribution < 1.29 is 4.74 Å². The number of methoxy groups -OCH3 is 1. The first-order chi connectivity index (χ1) is 9.52. The summed E-state index contributed by atoms with van der Waals surface area (Å²) >= 11 is 0. The van der Waals surface area contributed by atoms with E-state index in [1.807, 2.05) is 35.7 Å². The highest BCUT2D eigenvalue weighted by Crippen LogP contribution is 2.24. The van der Waals surface area contributed by atoms with Gasteiger partial charge in [-0.25, -0.2) is 0 Å². The zero-order valence-electron chi connectivity index (χ0n) is 12.8. The van der Waals surface area contributed by atoms with Crippen molar-refractivity contribution in [2.75, 3.05) is 19.0 Å². The maximum atomic E-state index is 5.05. The van der Waals surface area contributed by atoms with Gasteiger partial charge in [-0.2, -0.15) is 10.2 Å². The molecule has 0 amide bonds. The molecule has 0 aliphatic rings. The number of nitrogens with one attached hydrogen (secondary N) is 1. The van der Waals surface area contributed by atoms with Crippen molar-refractivity contribution in [1.29, 1.82) is 0 Å². The first kappa shape index (κ1) is 14.6. The van der Waals surface area contributed by atoms with Gasteiger partial charge in [0.25, 0.3) is 0 Å². The highest BCUT2D eigenvalue weighted by atomic mass is 16.5. The van der Waals surface area contributed by atoms with Crippen LogP contribution in [0.1, 0.15) is 29.9 Å². The maximum Gasteiger partial charge on any atom is 0.0731 e. The van der Waals surface area contributed by atoms with Gasteiger partial charge >= 0.3 is 0 Å². The average Bonchev–Trinajstić information content (AvgIpc) is 2.93. The van der Waals surface area contributed by atoms with E-state index in [2.05, 4.69) is 29.4 Å². The predicted molar refractivity (Wildman–Crippen MR) is 78.8 cm³/mol. The summed E-state index contributed by atoms with van der Waals surface area (Å²) in [6.07, 6.45) is 3.84. The third kappa shape index (κ3) is 3.01. The third-order valence-corrected chi connectivity index (χ3v) is 3.54. The normalized spacial score (nSPS) is 12.7. The van der Waals surface area contributed by atoms with Gasteiger partial charge in [0.2, 0.25) is 0 Å². The molecule has 0 fully saturated rings. The molecular formula is C14H23N5O. The first-order valence-electron chi connectivity index (χ1n) is 6.81. The van der Waals surface area contributed by atoms with Crippen LogP contribution in [-0.4, -0.2) is 33.3 Å². The lowest BCUT2D eigenvalue weighted by molar-refractivity contribution is 0.183. The minimum absolute atomic E-state index is 0.198. The Morgan fingerprint density at radius 1 is 1.40 bits per heavy atom. The van der Waals surface area contributed by atoms with E-state index in [-0.39, 0.29) is 6.04 Å². The van der Waals surface area contributed by atoms with Crippen molar-refractivity contribution in [1.82, 2.24) is 19.6 Å². The van der Waals surface area contributed by atoms with Crippen molar-refractivity contribution in [3.8, 4) is 0 Å². The average molecular weight is 277 g/mol. The summed E-state index contributed by atoms with van der Waals surface area (Å²) in [5.74, 6) is 0. The molecule has 0 spiro atoms. The van der Waals surface area contributed by atoms with E-state index in [1.54, 1.807) is 7.11 Å². The summed E-state index contributed by atoms with van der Waals surface area (Å²) in [5.41, 5.74) is 4.51. The highest BCUT2D eigenvalue weighted by molar-refractivity contribution is 5.43. The van der Waals surface area contributed by atoms with Gasteiger partial charge in [0.15, 0.2) is 0 Å². The topological polar surface area (TPSA) is 56.9 Å². The van der Waals surface area contributed by atoms with E-state index in [9.17, 15) is 0 Å². The lowest BCUT2D eigenvalue weighted by atomic mass is 10.1. The summed E-state index contributed by atoms with van der Waals surface area (Å²) in [5, 5.41) is 12.2. The molecule has 20 heavy (non-hydrogen) atoms. The lowest BCUT2D eigenvalue weighted by Crippen LogP contribution is -2.09. The van der Waals surface area contributed by atoms with Gasteiger partial charge in [-0.1, -0.05) is 0 Å². The fraction of sp³-hybridized carbons (Fsp3) is 0.571. The molecule has 1 unspecified atom stereocenters. The molecule has 1 atom stereocenters. The molecule has 0 aliphatic carbocycles. The molecule has 1 N–H and O–H groups in total. The molecule has 0 radical (unpaired) electrons. The molecule has 2 aromatic heterocycles. The fourth-order valence-electron chi connectivity index (χ4n) is 2.48. The van der Waals surface area contributed by atoms with E-state index < -0.39 is 0 Å². The van der Waals surface area contributed by atoms with Gasteiger partial charge in [0.1, 0.15) is 0 Å². The SMILES string of the molecule is COCCn1cc(NC(C)c2c(C)nn(C)c2C)cn1. The van der Waals surface area contributed by atoms with Crippen LogP contribution in [-0.2, 0) is 18.3 Å². The van der Waals surface area contributed by atoms with Crippen LogP contribution in [0.25, 0.3) is 0 Å². The second-order valence-electron chi connectivity index (χ2n) is 5.06. The van der Waals surface area contributed by atoms with E-state index in [0.717, 1.165) is 17.9 Å². The summed E-state index contributed by atoms with van der Waals surface area (Å²) in [4.78, 5) is 0. The standard InChI is InChI=1S/C14H23N5O/c1-10(14-11(2)17-18(4)12(14)3)16-13-8-15-19(9-13)6-7-20-5/h8-10,16H,6-7H2,1-5H3. The molecule has 0 bridgehead atoms. The third-order valence-electron chi connectivity index (χ3n) is 3.54. The second kappa shape index (κ2) is 6.09. The molecule has 0 aliphatic heterocycles. The molecule has 6 nitrogen and oxygen atoms in total. The Hall–Kier alpha value is -1.82. The Balaban J connectivity index is 2.07. The predicted octanol–water partition coefficient (Wildman–Crippen LogP) is 2.05.